The Morgan fingerprint density at radius 2 is 1.68 bits per heavy atom. The van der Waals surface area contributed by atoms with Crippen molar-refractivity contribution in [3.8, 4) is 0 Å². The second-order valence-corrected chi connectivity index (χ2v) is 7.29. The molecule has 2 aliphatic heterocycles. The summed E-state index contributed by atoms with van der Waals surface area (Å²) in [6.07, 6.45) is 1.77. The van der Waals surface area contributed by atoms with Crippen molar-refractivity contribution in [2.24, 2.45) is 5.41 Å². The molecule has 4 rings (SSSR count). The molecule has 2 saturated heterocycles. The van der Waals surface area contributed by atoms with Crippen molar-refractivity contribution >= 4 is 5.91 Å². The van der Waals surface area contributed by atoms with E-state index in [1.54, 1.807) is 0 Å². The molecule has 4 heteroatoms. The SMILES string of the molecule is CN1C(=O)C2(CCN(Cc3ccc(F)cc3)CC2)[C@@H]1c1ccccc1. The zero-order valence-electron chi connectivity index (χ0n) is 14.5. The average molecular weight is 338 g/mol. The molecule has 2 aliphatic rings. The summed E-state index contributed by atoms with van der Waals surface area (Å²) in [5.74, 6) is 0.0814. The van der Waals surface area contributed by atoms with E-state index in [9.17, 15) is 9.18 Å². The lowest BCUT2D eigenvalue weighted by atomic mass is 9.62. The average Bonchev–Trinajstić information content (AvgIpc) is 2.65. The molecule has 1 amide bonds. The lowest BCUT2D eigenvalue weighted by Crippen LogP contribution is -2.64. The number of halogens is 1. The van der Waals surface area contributed by atoms with Crippen molar-refractivity contribution in [2.45, 2.75) is 25.4 Å². The van der Waals surface area contributed by atoms with Crippen molar-refractivity contribution < 1.29 is 9.18 Å². The molecule has 2 fully saturated rings. The normalized spacial score (nSPS) is 22.9. The molecule has 2 heterocycles. The topological polar surface area (TPSA) is 23.6 Å². The fraction of sp³-hybridized carbons (Fsp3) is 0.381. The van der Waals surface area contributed by atoms with Crippen LogP contribution in [0.4, 0.5) is 4.39 Å². The maximum Gasteiger partial charge on any atom is 0.231 e. The number of hydrogen-bond acceptors (Lipinski definition) is 2. The van der Waals surface area contributed by atoms with Crippen LogP contribution >= 0.6 is 0 Å². The Morgan fingerprint density at radius 3 is 2.32 bits per heavy atom. The molecule has 0 radical (unpaired) electrons. The summed E-state index contributed by atoms with van der Waals surface area (Å²) in [4.78, 5) is 17.0. The second-order valence-electron chi connectivity index (χ2n) is 7.29. The van der Waals surface area contributed by atoms with Gasteiger partial charge in [0, 0.05) is 13.6 Å². The summed E-state index contributed by atoms with van der Waals surface area (Å²) < 4.78 is 13.0. The summed E-state index contributed by atoms with van der Waals surface area (Å²) in [6.45, 7) is 2.62. The van der Waals surface area contributed by atoms with Crippen molar-refractivity contribution in [3.63, 3.8) is 0 Å². The number of nitrogens with zero attached hydrogens (tertiary/aromatic N) is 2. The van der Waals surface area contributed by atoms with E-state index in [1.165, 1.54) is 17.7 Å². The number of β-lactam (4-membered cyclic amide) rings is 1. The van der Waals surface area contributed by atoms with Gasteiger partial charge in [0.1, 0.15) is 5.82 Å². The predicted octanol–water partition coefficient (Wildman–Crippen LogP) is 3.62. The van der Waals surface area contributed by atoms with Crippen LogP contribution in [0.5, 0.6) is 0 Å². The number of amides is 1. The standard InChI is InChI=1S/C21H23FN2O/c1-23-19(17-5-3-2-4-6-17)21(20(23)25)11-13-24(14-12-21)15-16-7-9-18(22)10-8-16/h2-10,19H,11-15H2,1H3/t19-/m0/s1. The number of rotatable bonds is 3. The summed E-state index contributed by atoms with van der Waals surface area (Å²) in [5, 5.41) is 0. The number of piperidine rings is 1. The van der Waals surface area contributed by atoms with Crippen LogP contribution in [0, 0.1) is 11.2 Å². The molecule has 0 aliphatic carbocycles. The van der Waals surface area contributed by atoms with E-state index in [1.807, 2.05) is 42.3 Å². The van der Waals surface area contributed by atoms with Gasteiger partial charge < -0.3 is 4.90 Å². The first kappa shape index (κ1) is 16.3. The van der Waals surface area contributed by atoms with E-state index in [0.29, 0.717) is 0 Å². The van der Waals surface area contributed by atoms with Gasteiger partial charge in [0.25, 0.3) is 0 Å². The van der Waals surface area contributed by atoms with Crippen molar-refractivity contribution in [1.29, 1.82) is 0 Å². The number of likely N-dealkylation sites (tertiary alicyclic amines) is 2. The van der Waals surface area contributed by atoms with E-state index in [0.717, 1.165) is 38.0 Å². The van der Waals surface area contributed by atoms with Gasteiger partial charge in [-0.1, -0.05) is 42.5 Å². The van der Waals surface area contributed by atoms with E-state index in [2.05, 4.69) is 17.0 Å². The maximum absolute atomic E-state index is 13.0. The highest BCUT2D eigenvalue weighted by Crippen LogP contribution is 2.55. The minimum atomic E-state index is -0.241. The van der Waals surface area contributed by atoms with Gasteiger partial charge in [-0.3, -0.25) is 9.69 Å². The third-order valence-corrected chi connectivity index (χ3v) is 5.84. The highest BCUT2D eigenvalue weighted by atomic mass is 19.1. The lowest BCUT2D eigenvalue weighted by Gasteiger charge is -2.58. The molecule has 0 N–H and O–H groups in total. The van der Waals surface area contributed by atoms with Gasteiger partial charge in [0.2, 0.25) is 5.91 Å². The Kier molecular flexibility index (Phi) is 4.08. The molecule has 1 spiro atoms. The molecule has 2 aromatic rings. The van der Waals surface area contributed by atoms with Crippen LogP contribution in [0.1, 0.15) is 30.0 Å². The Labute approximate surface area is 148 Å². The molecule has 25 heavy (non-hydrogen) atoms. The molecule has 0 unspecified atom stereocenters. The molecule has 130 valence electrons. The van der Waals surface area contributed by atoms with Gasteiger partial charge in [-0.2, -0.15) is 0 Å². The van der Waals surface area contributed by atoms with E-state index in [-0.39, 0.29) is 23.2 Å². The summed E-state index contributed by atoms with van der Waals surface area (Å²) in [7, 11) is 1.91. The number of benzene rings is 2. The van der Waals surface area contributed by atoms with Crippen LogP contribution in [-0.2, 0) is 11.3 Å². The van der Waals surface area contributed by atoms with Gasteiger partial charge in [-0.05, 0) is 49.2 Å². The molecular formula is C21H23FN2O. The quantitative estimate of drug-likeness (QED) is 0.798. The zero-order valence-corrected chi connectivity index (χ0v) is 14.5. The summed E-state index contributed by atoms with van der Waals surface area (Å²) in [5.41, 5.74) is 2.11. The van der Waals surface area contributed by atoms with Gasteiger partial charge >= 0.3 is 0 Å². The number of carbonyl (C=O) groups excluding carboxylic acids is 1. The minimum absolute atomic E-state index is 0.189. The third-order valence-electron chi connectivity index (χ3n) is 5.84. The largest absolute Gasteiger partial charge is 0.337 e. The van der Waals surface area contributed by atoms with Gasteiger partial charge in [-0.15, -0.1) is 0 Å². The number of hydrogen-bond donors (Lipinski definition) is 0. The molecule has 3 nitrogen and oxygen atoms in total. The molecule has 1 atom stereocenters. The van der Waals surface area contributed by atoms with Gasteiger partial charge in [0.15, 0.2) is 0 Å². The van der Waals surface area contributed by atoms with E-state index < -0.39 is 0 Å². The third kappa shape index (κ3) is 2.74. The molecule has 0 saturated carbocycles. The molecule has 2 aromatic carbocycles. The van der Waals surface area contributed by atoms with Crippen LogP contribution in [-0.4, -0.2) is 35.8 Å². The van der Waals surface area contributed by atoms with E-state index >= 15 is 0 Å². The fourth-order valence-electron chi connectivity index (χ4n) is 4.51. The fourth-order valence-corrected chi connectivity index (χ4v) is 4.51. The maximum atomic E-state index is 13.0. The van der Waals surface area contributed by atoms with Crippen molar-refractivity contribution in [3.05, 3.63) is 71.5 Å². The lowest BCUT2D eigenvalue weighted by molar-refractivity contribution is -0.176. The second kappa shape index (κ2) is 6.26. The predicted molar refractivity (Wildman–Crippen MR) is 95.3 cm³/mol. The molecule has 0 aromatic heterocycles. The monoisotopic (exact) mass is 338 g/mol. The molecule has 0 bridgehead atoms. The highest BCUT2D eigenvalue weighted by molar-refractivity contribution is 5.90. The Morgan fingerprint density at radius 1 is 1.04 bits per heavy atom. The highest BCUT2D eigenvalue weighted by Gasteiger charge is 2.59. The Hall–Kier alpha value is -2.20. The van der Waals surface area contributed by atoms with Crippen molar-refractivity contribution in [1.82, 2.24) is 9.80 Å². The van der Waals surface area contributed by atoms with Gasteiger partial charge in [0.05, 0.1) is 11.5 Å². The first-order valence-corrected chi connectivity index (χ1v) is 8.89. The van der Waals surface area contributed by atoms with Crippen LogP contribution in [0.3, 0.4) is 0 Å². The summed E-state index contributed by atoms with van der Waals surface area (Å²) in [6, 6.07) is 17.3. The summed E-state index contributed by atoms with van der Waals surface area (Å²) >= 11 is 0. The van der Waals surface area contributed by atoms with Crippen LogP contribution in [0.15, 0.2) is 54.6 Å². The van der Waals surface area contributed by atoms with Crippen LogP contribution < -0.4 is 0 Å². The first-order chi connectivity index (χ1) is 12.1. The minimum Gasteiger partial charge on any atom is -0.337 e. The Balaban J connectivity index is 1.46. The van der Waals surface area contributed by atoms with Gasteiger partial charge in [-0.25, -0.2) is 4.39 Å². The van der Waals surface area contributed by atoms with Crippen LogP contribution in [0.2, 0.25) is 0 Å². The zero-order chi connectivity index (χ0) is 17.4. The smallest absolute Gasteiger partial charge is 0.231 e. The van der Waals surface area contributed by atoms with Crippen molar-refractivity contribution in [2.75, 3.05) is 20.1 Å². The molecular weight excluding hydrogens is 315 g/mol. The van der Waals surface area contributed by atoms with Crippen LogP contribution in [0.25, 0.3) is 0 Å². The van der Waals surface area contributed by atoms with E-state index in [4.69, 9.17) is 0 Å². The first-order valence-electron chi connectivity index (χ1n) is 8.89. The Bertz CT molecular complexity index is 751. The number of carbonyl (C=O) groups is 1.